The normalized spacial score (nSPS) is 11.1. The number of rotatable bonds is 9. The Bertz CT molecular complexity index is 928. The Labute approximate surface area is 169 Å². The molecular formula is C22H27N3O2S. The Balaban J connectivity index is 2.02. The van der Waals surface area contributed by atoms with Gasteiger partial charge in [0.25, 0.3) is 5.91 Å². The number of nitrogens with two attached hydrogens (primary N) is 1. The Kier molecular flexibility index (Phi) is 6.52. The van der Waals surface area contributed by atoms with Gasteiger partial charge in [-0.3, -0.25) is 4.79 Å². The molecule has 1 amide bonds. The van der Waals surface area contributed by atoms with Gasteiger partial charge in [0, 0.05) is 35.1 Å². The Morgan fingerprint density at radius 3 is 2.57 bits per heavy atom. The van der Waals surface area contributed by atoms with Crippen LogP contribution in [0.3, 0.4) is 0 Å². The van der Waals surface area contributed by atoms with Gasteiger partial charge in [0.2, 0.25) is 0 Å². The van der Waals surface area contributed by atoms with Crippen molar-refractivity contribution in [2.45, 2.75) is 52.5 Å². The van der Waals surface area contributed by atoms with E-state index in [1.54, 1.807) is 18.3 Å². The van der Waals surface area contributed by atoms with Gasteiger partial charge < -0.3 is 15.4 Å². The van der Waals surface area contributed by atoms with Crippen molar-refractivity contribution in [1.82, 2.24) is 9.55 Å². The summed E-state index contributed by atoms with van der Waals surface area (Å²) in [6.07, 6.45) is 6.83. The van der Waals surface area contributed by atoms with Crippen LogP contribution in [0.4, 0.5) is 0 Å². The molecule has 1 aromatic carbocycles. The molecule has 0 aliphatic heterocycles. The van der Waals surface area contributed by atoms with Gasteiger partial charge in [-0.1, -0.05) is 31.9 Å². The summed E-state index contributed by atoms with van der Waals surface area (Å²) in [7, 11) is 0. The van der Waals surface area contributed by atoms with E-state index in [-0.39, 0.29) is 5.75 Å². The summed E-state index contributed by atoms with van der Waals surface area (Å²) >= 11 is 1.54. The predicted octanol–water partition coefficient (Wildman–Crippen LogP) is 4.70. The molecule has 3 N–H and O–H groups in total. The molecule has 0 fully saturated rings. The maximum atomic E-state index is 12.3. The first kappa shape index (κ1) is 20.1. The third kappa shape index (κ3) is 4.28. The number of primary amides is 1. The van der Waals surface area contributed by atoms with Crippen LogP contribution in [0.5, 0.6) is 5.75 Å². The molecule has 2 aromatic heterocycles. The number of aromatic nitrogens is 2. The van der Waals surface area contributed by atoms with Crippen molar-refractivity contribution < 1.29 is 9.90 Å². The van der Waals surface area contributed by atoms with Crippen LogP contribution in [0.25, 0.3) is 10.6 Å². The number of hydrogen-bond donors (Lipinski definition) is 2. The quantitative estimate of drug-likeness (QED) is 0.514. The van der Waals surface area contributed by atoms with Gasteiger partial charge in [0.15, 0.2) is 0 Å². The van der Waals surface area contributed by atoms with Gasteiger partial charge in [0.05, 0.1) is 5.56 Å². The number of phenols is 1. The van der Waals surface area contributed by atoms with Gasteiger partial charge in [-0.25, -0.2) is 4.98 Å². The maximum absolute atomic E-state index is 12.3. The third-order valence-corrected chi connectivity index (χ3v) is 5.89. The van der Waals surface area contributed by atoms with E-state index >= 15 is 0 Å². The first-order valence-corrected chi connectivity index (χ1v) is 10.6. The fraction of sp³-hybridized carbons (Fsp3) is 0.364. The van der Waals surface area contributed by atoms with Crippen LogP contribution in [0.1, 0.15) is 53.5 Å². The lowest BCUT2D eigenvalue weighted by molar-refractivity contribution is 0.1000. The molecule has 148 valence electrons. The van der Waals surface area contributed by atoms with E-state index in [1.807, 2.05) is 24.4 Å². The largest absolute Gasteiger partial charge is 0.508 e. The minimum Gasteiger partial charge on any atom is -0.508 e. The van der Waals surface area contributed by atoms with Gasteiger partial charge >= 0.3 is 0 Å². The highest BCUT2D eigenvalue weighted by Gasteiger charge is 2.25. The molecule has 0 aliphatic carbocycles. The standard InChI is InChI=1S/C22H27N3O2S/c1-3-4-5-6-18-20(22-24-12-14-28-22)19(21(23)27)15(2)25(18)13-11-16-7-9-17(26)10-8-16/h7-10,12,14,26H,3-6,11,13H2,1-2H3,(H2,23,27). The second kappa shape index (κ2) is 9.06. The summed E-state index contributed by atoms with van der Waals surface area (Å²) in [4.78, 5) is 16.8. The molecule has 28 heavy (non-hydrogen) atoms. The fourth-order valence-electron chi connectivity index (χ4n) is 3.68. The number of nitrogens with zero attached hydrogens (tertiary/aromatic N) is 2. The zero-order valence-electron chi connectivity index (χ0n) is 16.4. The molecule has 0 radical (unpaired) electrons. The monoisotopic (exact) mass is 397 g/mol. The smallest absolute Gasteiger partial charge is 0.251 e. The van der Waals surface area contributed by atoms with Gasteiger partial charge in [-0.05, 0) is 43.9 Å². The topological polar surface area (TPSA) is 81.1 Å². The Morgan fingerprint density at radius 1 is 1.21 bits per heavy atom. The lowest BCUT2D eigenvalue weighted by Crippen LogP contribution is -2.13. The number of benzene rings is 1. The van der Waals surface area contributed by atoms with Gasteiger partial charge in [-0.2, -0.15) is 0 Å². The summed E-state index contributed by atoms with van der Waals surface area (Å²) < 4.78 is 2.24. The predicted molar refractivity (Wildman–Crippen MR) is 114 cm³/mol. The molecule has 2 heterocycles. The summed E-state index contributed by atoms with van der Waals surface area (Å²) in [6.45, 7) is 4.91. The van der Waals surface area contributed by atoms with Crippen LogP contribution in [-0.2, 0) is 19.4 Å². The van der Waals surface area contributed by atoms with Crippen LogP contribution in [0.15, 0.2) is 35.8 Å². The minimum absolute atomic E-state index is 0.267. The van der Waals surface area contributed by atoms with E-state index < -0.39 is 5.91 Å². The van der Waals surface area contributed by atoms with Crippen molar-refractivity contribution in [3.63, 3.8) is 0 Å². The Hall–Kier alpha value is -2.60. The molecule has 5 nitrogen and oxygen atoms in total. The van der Waals surface area contributed by atoms with Crippen molar-refractivity contribution in [3.05, 3.63) is 58.4 Å². The second-order valence-electron chi connectivity index (χ2n) is 7.01. The van der Waals surface area contributed by atoms with E-state index in [9.17, 15) is 9.90 Å². The summed E-state index contributed by atoms with van der Waals surface area (Å²) in [5, 5.41) is 12.3. The molecule has 0 saturated carbocycles. The number of hydrogen-bond acceptors (Lipinski definition) is 4. The van der Waals surface area contributed by atoms with Crippen molar-refractivity contribution in [3.8, 4) is 16.3 Å². The summed E-state index contributed by atoms with van der Waals surface area (Å²) in [5.74, 6) is -0.133. The summed E-state index contributed by atoms with van der Waals surface area (Å²) in [5.41, 5.74) is 10.5. The average molecular weight is 398 g/mol. The first-order chi connectivity index (χ1) is 13.5. The molecule has 0 atom stereocenters. The van der Waals surface area contributed by atoms with Crippen LogP contribution in [0, 0.1) is 6.92 Å². The van der Waals surface area contributed by atoms with Crippen molar-refractivity contribution in [2.75, 3.05) is 0 Å². The first-order valence-electron chi connectivity index (χ1n) is 9.72. The van der Waals surface area contributed by atoms with E-state index in [0.717, 1.165) is 66.2 Å². The molecule has 3 rings (SSSR count). The minimum atomic E-state index is -0.400. The molecule has 0 spiro atoms. The number of carbonyl (C=O) groups is 1. The zero-order valence-corrected chi connectivity index (χ0v) is 17.3. The number of carbonyl (C=O) groups excluding carboxylic acids is 1. The number of unbranched alkanes of at least 4 members (excludes halogenated alkanes) is 2. The van der Waals surface area contributed by atoms with Gasteiger partial charge in [0.1, 0.15) is 10.8 Å². The highest BCUT2D eigenvalue weighted by molar-refractivity contribution is 7.13. The second-order valence-corrected chi connectivity index (χ2v) is 7.90. The molecular weight excluding hydrogens is 370 g/mol. The van der Waals surface area contributed by atoms with Crippen molar-refractivity contribution in [2.24, 2.45) is 5.73 Å². The molecule has 6 heteroatoms. The SMILES string of the molecule is CCCCCc1c(-c2nccs2)c(C(N)=O)c(C)n1CCc1ccc(O)cc1. The zero-order chi connectivity index (χ0) is 20.1. The molecule has 0 aliphatic rings. The van der Waals surface area contributed by atoms with Crippen LogP contribution in [0.2, 0.25) is 0 Å². The molecule has 0 saturated heterocycles. The fourth-order valence-corrected chi connectivity index (χ4v) is 4.39. The van der Waals surface area contributed by atoms with E-state index in [0.29, 0.717) is 5.56 Å². The number of aryl methyl sites for hydroxylation is 1. The van der Waals surface area contributed by atoms with Gasteiger partial charge in [-0.15, -0.1) is 11.3 Å². The Morgan fingerprint density at radius 2 is 1.96 bits per heavy atom. The summed E-state index contributed by atoms with van der Waals surface area (Å²) in [6, 6.07) is 7.27. The van der Waals surface area contributed by atoms with Crippen molar-refractivity contribution in [1.29, 1.82) is 0 Å². The average Bonchev–Trinajstić information content (AvgIpc) is 3.28. The molecule has 0 bridgehead atoms. The number of aromatic hydroxyl groups is 1. The van der Waals surface area contributed by atoms with Crippen molar-refractivity contribution >= 4 is 17.2 Å². The highest BCUT2D eigenvalue weighted by atomic mass is 32.1. The van der Waals surface area contributed by atoms with Crippen LogP contribution >= 0.6 is 11.3 Å². The van der Waals surface area contributed by atoms with E-state index in [1.165, 1.54) is 11.3 Å². The number of phenolic OH excluding ortho intramolecular Hbond substituents is 1. The van der Waals surface area contributed by atoms with Crippen LogP contribution < -0.4 is 5.73 Å². The lowest BCUT2D eigenvalue weighted by Gasteiger charge is -2.13. The lowest BCUT2D eigenvalue weighted by atomic mass is 10.0. The number of amides is 1. The highest BCUT2D eigenvalue weighted by Crippen LogP contribution is 2.35. The van der Waals surface area contributed by atoms with E-state index in [2.05, 4.69) is 16.5 Å². The molecule has 3 aromatic rings. The maximum Gasteiger partial charge on any atom is 0.251 e. The third-order valence-electron chi connectivity index (χ3n) is 5.10. The van der Waals surface area contributed by atoms with Crippen LogP contribution in [-0.4, -0.2) is 20.6 Å². The number of thiazole rings is 1. The molecule has 0 unspecified atom stereocenters. The van der Waals surface area contributed by atoms with E-state index in [4.69, 9.17) is 5.73 Å².